The maximum atomic E-state index is 13.1. The lowest BCUT2D eigenvalue weighted by atomic mass is 10.2. The second-order valence-corrected chi connectivity index (χ2v) is 7.53. The van der Waals surface area contributed by atoms with Crippen LogP contribution in [0, 0.1) is 0 Å². The van der Waals surface area contributed by atoms with E-state index in [9.17, 15) is 4.79 Å². The van der Waals surface area contributed by atoms with Gasteiger partial charge in [0.2, 0.25) is 0 Å². The number of nitrogens with one attached hydrogen (secondary N) is 1. The molecule has 1 aromatic heterocycles. The predicted molar refractivity (Wildman–Crippen MR) is 109 cm³/mol. The molecule has 142 valence electrons. The monoisotopic (exact) mass is 364 g/mol. The van der Waals surface area contributed by atoms with E-state index < -0.39 is 0 Å². The van der Waals surface area contributed by atoms with Crippen molar-refractivity contribution in [3.8, 4) is 0 Å². The summed E-state index contributed by atoms with van der Waals surface area (Å²) in [7, 11) is 0. The third-order valence-corrected chi connectivity index (χ3v) is 5.40. The number of urea groups is 1. The van der Waals surface area contributed by atoms with Crippen molar-refractivity contribution in [1.29, 1.82) is 0 Å². The summed E-state index contributed by atoms with van der Waals surface area (Å²) in [4.78, 5) is 21.8. The van der Waals surface area contributed by atoms with Gasteiger partial charge in [-0.25, -0.2) is 4.79 Å². The fourth-order valence-corrected chi connectivity index (χ4v) is 3.77. The van der Waals surface area contributed by atoms with Gasteiger partial charge in [-0.1, -0.05) is 31.0 Å². The van der Waals surface area contributed by atoms with Crippen LogP contribution in [0.1, 0.15) is 44.2 Å². The number of anilines is 2. The Hall–Kier alpha value is -2.56. The van der Waals surface area contributed by atoms with Crippen LogP contribution in [0.25, 0.3) is 0 Å². The molecule has 0 radical (unpaired) electrons. The number of nitrogens with zero attached hydrogens (tertiary/aromatic N) is 3. The lowest BCUT2D eigenvalue weighted by Gasteiger charge is -2.27. The van der Waals surface area contributed by atoms with Gasteiger partial charge >= 0.3 is 6.03 Å². The van der Waals surface area contributed by atoms with Gasteiger partial charge in [0.25, 0.3) is 0 Å². The summed E-state index contributed by atoms with van der Waals surface area (Å²) >= 11 is 0. The van der Waals surface area contributed by atoms with Crippen LogP contribution < -0.4 is 10.2 Å². The maximum Gasteiger partial charge on any atom is 0.322 e. The van der Waals surface area contributed by atoms with Crippen LogP contribution in [-0.4, -0.2) is 35.0 Å². The van der Waals surface area contributed by atoms with E-state index in [1.807, 2.05) is 35.2 Å². The molecule has 0 spiro atoms. The van der Waals surface area contributed by atoms with Crippen LogP contribution in [0.3, 0.4) is 0 Å². The molecule has 0 unspecified atom stereocenters. The average molecular weight is 364 g/mol. The minimum Gasteiger partial charge on any atom is -0.370 e. The highest BCUT2D eigenvalue weighted by Gasteiger charge is 2.33. The van der Waals surface area contributed by atoms with Crippen LogP contribution in [0.4, 0.5) is 16.2 Å². The number of pyridine rings is 1. The number of amides is 2. The van der Waals surface area contributed by atoms with Crippen molar-refractivity contribution >= 4 is 17.4 Å². The van der Waals surface area contributed by atoms with Crippen molar-refractivity contribution in [3.63, 3.8) is 0 Å². The first-order valence-corrected chi connectivity index (χ1v) is 10.1. The SMILES string of the molecule is O=C(Nc1ccccc1N1CCCCCC1)N(Cc1ccccn1)C1CC1. The molecular formula is C22H28N4O. The molecule has 1 saturated carbocycles. The fraction of sp³-hybridized carbons (Fsp3) is 0.455. The summed E-state index contributed by atoms with van der Waals surface area (Å²) < 4.78 is 0. The van der Waals surface area contributed by atoms with E-state index in [2.05, 4.69) is 27.3 Å². The third kappa shape index (κ3) is 4.59. The zero-order chi connectivity index (χ0) is 18.5. The van der Waals surface area contributed by atoms with E-state index in [-0.39, 0.29) is 6.03 Å². The molecule has 2 aromatic rings. The topological polar surface area (TPSA) is 48.5 Å². The third-order valence-electron chi connectivity index (χ3n) is 5.40. The average Bonchev–Trinajstić information content (AvgIpc) is 3.54. The molecule has 1 aromatic carbocycles. The second-order valence-electron chi connectivity index (χ2n) is 7.53. The molecule has 0 bridgehead atoms. The molecule has 5 nitrogen and oxygen atoms in total. The van der Waals surface area contributed by atoms with Crippen LogP contribution in [0.5, 0.6) is 0 Å². The minimum atomic E-state index is -0.0228. The maximum absolute atomic E-state index is 13.1. The van der Waals surface area contributed by atoms with Gasteiger partial charge in [-0.05, 0) is 49.9 Å². The Morgan fingerprint density at radius 2 is 1.78 bits per heavy atom. The van der Waals surface area contributed by atoms with Gasteiger partial charge < -0.3 is 15.1 Å². The van der Waals surface area contributed by atoms with Crippen molar-refractivity contribution in [2.45, 2.75) is 51.1 Å². The molecule has 2 aliphatic rings. The Morgan fingerprint density at radius 3 is 2.48 bits per heavy atom. The summed E-state index contributed by atoms with van der Waals surface area (Å²) in [6, 6.07) is 14.4. The number of carbonyl (C=O) groups is 1. The van der Waals surface area contributed by atoms with E-state index in [1.54, 1.807) is 6.20 Å². The Bertz CT molecular complexity index is 752. The molecule has 1 aliphatic carbocycles. The van der Waals surface area contributed by atoms with Crippen molar-refractivity contribution in [2.24, 2.45) is 0 Å². The van der Waals surface area contributed by atoms with Gasteiger partial charge in [0.1, 0.15) is 0 Å². The number of carbonyl (C=O) groups excluding carboxylic acids is 1. The predicted octanol–water partition coefficient (Wildman–Crippen LogP) is 4.66. The molecule has 2 heterocycles. The quantitative estimate of drug-likeness (QED) is 0.839. The van der Waals surface area contributed by atoms with E-state index in [4.69, 9.17) is 0 Å². The second kappa shape index (κ2) is 8.42. The summed E-state index contributed by atoms with van der Waals surface area (Å²) in [5, 5.41) is 3.19. The Labute approximate surface area is 161 Å². The molecule has 1 aliphatic heterocycles. The van der Waals surface area contributed by atoms with Crippen molar-refractivity contribution < 1.29 is 4.79 Å². The van der Waals surface area contributed by atoms with Crippen molar-refractivity contribution in [1.82, 2.24) is 9.88 Å². The molecular weight excluding hydrogens is 336 g/mol. The van der Waals surface area contributed by atoms with Crippen LogP contribution in [-0.2, 0) is 6.54 Å². The molecule has 5 heteroatoms. The van der Waals surface area contributed by atoms with Gasteiger partial charge in [-0.2, -0.15) is 0 Å². The highest BCUT2D eigenvalue weighted by atomic mass is 16.2. The largest absolute Gasteiger partial charge is 0.370 e. The Balaban J connectivity index is 1.49. The zero-order valence-electron chi connectivity index (χ0n) is 15.8. The molecule has 4 rings (SSSR count). The van der Waals surface area contributed by atoms with E-state index in [0.717, 1.165) is 43.0 Å². The van der Waals surface area contributed by atoms with Crippen LogP contribution in [0.2, 0.25) is 0 Å². The summed E-state index contributed by atoms with van der Waals surface area (Å²) in [6.07, 6.45) is 8.97. The number of rotatable bonds is 5. The highest BCUT2D eigenvalue weighted by molar-refractivity contribution is 5.93. The first kappa shape index (κ1) is 17.8. The lowest BCUT2D eigenvalue weighted by molar-refractivity contribution is 0.205. The van der Waals surface area contributed by atoms with Gasteiger partial charge in [-0.15, -0.1) is 0 Å². The standard InChI is InChI=1S/C22H28N4O/c27-22(26(19-12-13-19)17-18-9-5-6-14-23-18)24-20-10-3-4-11-21(20)25-15-7-1-2-8-16-25/h3-6,9-11,14,19H,1-2,7-8,12-13,15-17H2,(H,24,27). The Kier molecular flexibility index (Phi) is 5.56. The van der Waals surface area contributed by atoms with E-state index in [0.29, 0.717) is 12.6 Å². The summed E-state index contributed by atoms with van der Waals surface area (Å²) in [5.41, 5.74) is 2.98. The number of hydrogen-bond donors (Lipinski definition) is 1. The Morgan fingerprint density at radius 1 is 1.04 bits per heavy atom. The number of benzene rings is 1. The van der Waals surface area contributed by atoms with Gasteiger partial charge in [0, 0.05) is 25.3 Å². The molecule has 2 fully saturated rings. The van der Waals surface area contributed by atoms with Crippen LogP contribution in [0.15, 0.2) is 48.7 Å². The fourth-order valence-electron chi connectivity index (χ4n) is 3.77. The summed E-state index contributed by atoms with van der Waals surface area (Å²) in [6.45, 7) is 2.68. The normalized spacial score (nSPS) is 17.3. The molecule has 1 N–H and O–H groups in total. The molecule has 1 saturated heterocycles. The summed E-state index contributed by atoms with van der Waals surface area (Å²) in [5.74, 6) is 0. The number of hydrogen-bond acceptors (Lipinski definition) is 3. The smallest absolute Gasteiger partial charge is 0.322 e. The number of para-hydroxylation sites is 2. The van der Waals surface area contributed by atoms with Gasteiger partial charge in [0.05, 0.1) is 23.6 Å². The highest BCUT2D eigenvalue weighted by Crippen LogP contribution is 2.31. The lowest BCUT2D eigenvalue weighted by Crippen LogP contribution is -2.37. The first-order chi connectivity index (χ1) is 13.3. The van der Waals surface area contributed by atoms with Gasteiger partial charge in [-0.3, -0.25) is 4.98 Å². The molecule has 2 amide bonds. The zero-order valence-corrected chi connectivity index (χ0v) is 15.8. The molecule has 27 heavy (non-hydrogen) atoms. The number of aromatic nitrogens is 1. The van der Waals surface area contributed by atoms with Crippen molar-refractivity contribution in [3.05, 3.63) is 54.4 Å². The first-order valence-electron chi connectivity index (χ1n) is 10.1. The molecule has 0 atom stereocenters. The van der Waals surface area contributed by atoms with Crippen LogP contribution >= 0.6 is 0 Å². The van der Waals surface area contributed by atoms with Crippen molar-refractivity contribution in [2.75, 3.05) is 23.3 Å². The van der Waals surface area contributed by atoms with E-state index in [1.165, 1.54) is 25.7 Å². The minimum absolute atomic E-state index is 0.0228. The van der Waals surface area contributed by atoms with Gasteiger partial charge in [0.15, 0.2) is 0 Å². The van der Waals surface area contributed by atoms with E-state index >= 15 is 0 Å².